The molecule has 0 N–H and O–H groups in total. The van der Waals surface area contributed by atoms with Crippen LogP contribution >= 0.6 is 0 Å². The Balaban J connectivity index is 2.39. The van der Waals surface area contributed by atoms with Gasteiger partial charge < -0.3 is 9.47 Å². The Kier molecular flexibility index (Phi) is 3.97. The third-order valence-electron chi connectivity index (χ3n) is 4.43. The fourth-order valence-corrected chi connectivity index (χ4v) is 3.41. The van der Waals surface area contributed by atoms with E-state index < -0.39 is 17.4 Å². The van der Waals surface area contributed by atoms with Crippen molar-refractivity contribution in [1.29, 1.82) is 0 Å². The minimum atomic E-state index is -1.40. The molecule has 110 valence electrons. The number of ketones is 1. The fraction of sp³-hybridized carbons (Fsp3) is 0.667. The predicted octanol–water partition coefficient (Wildman–Crippen LogP) is 1.80. The van der Waals surface area contributed by atoms with Gasteiger partial charge in [-0.05, 0) is 37.2 Å². The van der Waals surface area contributed by atoms with Crippen LogP contribution in [0.5, 0.6) is 0 Å². The van der Waals surface area contributed by atoms with Crippen molar-refractivity contribution in [1.82, 2.24) is 0 Å². The van der Waals surface area contributed by atoms with E-state index >= 15 is 0 Å². The van der Waals surface area contributed by atoms with Crippen LogP contribution in [0.1, 0.15) is 39.0 Å². The van der Waals surface area contributed by atoms with Crippen LogP contribution in [0.3, 0.4) is 0 Å². The minimum Gasteiger partial charge on any atom is -0.469 e. The van der Waals surface area contributed by atoms with E-state index in [4.69, 9.17) is 4.74 Å². The molecule has 0 spiro atoms. The maximum absolute atomic E-state index is 12.8. The third kappa shape index (κ3) is 2.15. The van der Waals surface area contributed by atoms with Crippen molar-refractivity contribution in [3.8, 4) is 0 Å². The van der Waals surface area contributed by atoms with Gasteiger partial charge in [0.15, 0.2) is 5.78 Å². The van der Waals surface area contributed by atoms with Crippen LogP contribution in [0.2, 0.25) is 0 Å². The molecular formula is C15H20O5. The molecular weight excluding hydrogens is 260 g/mol. The van der Waals surface area contributed by atoms with Gasteiger partial charge in [0.2, 0.25) is 0 Å². The molecule has 0 heterocycles. The zero-order valence-electron chi connectivity index (χ0n) is 12.2. The summed E-state index contributed by atoms with van der Waals surface area (Å²) in [7, 11) is 2.50. The number of rotatable bonds is 3. The maximum atomic E-state index is 12.8. The summed E-state index contributed by atoms with van der Waals surface area (Å²) >= 11 is 0. The standard InChI is InChI=1S/C15H20O5/c1-9-5-4-6-10-7-15(14(18)20-3,8-11(16)19-2)13(17)12(9)10/h9H,4-8H2,1-3H3/t9-,15?/m0/s1. The van der Waals surface area contributed by atoms with Gasteiger partial charge in [-0.3, -0.25) is 14.4 Å². The van der Waals surface area contributed by atoms with E-state index in [-0.39, 0.29) is 18.1 Å². The maximum Gasteiger partial charge on any atom is 0.320 e. The predicted molar refractivity (Wildman–Crippen MR) is 70.7 cm³/mol. The van der Waals surface area contributed by atoms with E-state index in [0.717, 1.165) is 30.4 Å². The highest BCUT2D eigenvalue weighted by molar-refractivity contribution is 6.16. The summed E-state index contributed by atoms with van der Waals surface area (Å²) < 4.78 is 9.44. The summed E-state index contributed by atoms with van der Waals surface area (Å²) in [6.45, 7) is 2.00. The Morgan fingerprint density at radius 2 is 2.00 bits per heavy atom. The number of allylic oxidation sites excluding steroid dienone is 2. The lowest BCUT2D eigenvalue weighted by atomic mass is 9.78. The highest BCUT2D eigenvalue weighted by Gasteiger charge is 2.56. The number of ether oxygens (including phenoxy) is 2. The summed E-state index contributed by atoms with van der Waals surface area (Å²) in [4.78, 5) is 36.6. The molecule has 0 radical (unpaired) electrons. The van der Waals surface area contributed by atoms with E-state index in [1.165, 1.54) is 14.2 Å². The van der Waals surface area contributed by atoms with Gasteiger partial charge in [0.1, 0.15) is 5.41 Å². The number of hydrogen-bond donors (Lipinski definition) is 0. The topological polar surface area (TPSA) is 69.7 Å². The van der Waals surface area contributed by atoms with Gasteiger partial charge in [0, 0.05) is 0 Å². The molecule has 20 heavy (non-hydrogen) atoms. The van der Waals surface area contributed by atoms with Crippen LogP contribution in [-0.2, 0) is 23.9 Å². The SMILES string of the molecule is COC(=O)CC1(C(=O)OC)CC2=C(C1=O)[C@@H](C)CCC2. The van der Waals surface area contributed by atoms with Crippen LogP contribution in [0, 0.1) is 11.3 Å². The number of esters is 2. The number of hydrogen-bond acceptors (Lipinski definition) is 5. The van der Waals surface area contributed by atoms with Gasteiger partial charge in [-0.25, -0.2) is 0 Å². The molecule has 0 aromatic heterocycles. The molecule has 0 saturated carbocycles. The first-order valence-electron chi connectivity index (χ1n) is 6.88. The Hall–Kier alpha value is -1.65. The molecule has 1 unspecified atom stereocenters. The number of carbonyl (C=O) groups is 3. The van der Waals surface area contributed by atoms with Crippen molar-refractivity contribution in [2.24, 2.45) is 11.3 Å². The van der Waals surface area contributed by atoms with Crippen LogP contribution in [0.15, 0.2) is 11.1 Å². The summed E-state index contributed by atoms with van der Waals surface area (Å²) in [5.74, 6) is -1.28. The number of methoxy groups -OCH3 is 2. The van der Waals surface area contributed by atoms with Crippen molar-refractivity contribution in [2.45, 2.75) is 39.0 Å². The van der Waals surface area contributed by atoms with Crippen molar-refractivity contribution in [3.63, 3.8) is 0 Å². The first-order valence-corrected chi connectivity index (χ1v) is 6.88. The molecule has 0 amide bonds. The molecule has 5 nitrogen and oxygen atoms in total. The molecule has 2 aliphatic rings. The number of Topliss-reactive ketones (excluding diaryl/α,β-unsaturated/α-hetero) is 1. The van der Waals surface area contributed by atoms with E-state index in [9.17, 15) is 14.4 Å². The van der Waals surface area contributed by atoms with Gasteiger partial charge in [-0.1, -0.05) is 12.5 Å². The van der Waals surface area contributed by atoms with Crippen LogP contribution in [0.25, 0.3) is 0 Å². The van der Waals surface area contributed by atoms with Gasteiger partial charge in [-0.2, -0.15) is 0 Å². The normalized spacial score (nSPS) is 29.1. The highest BCUT2D eigenvalue weighted by Crippen LogP contribution is 2.49. The third-order valence-corrected chi connectivity index (χ3v) is 4.43. The average Bonchev–Trinajstić information content (AvgIpc) is 2.73. The first-order chi connectivity index (χ1) is 9.46. The second-order valence-electron chi connectivity index (χ2n) is 5.64. The van der Waals surface area contributed by atoms with Crippen molar-refractivity contribution < 1.29 is 23.9 Å². The summed E-state index contributed by atoms with van der Waals surface area (Å²) in [5.41, 5.74) is 0.360. The Morgan fingerprint density at radius 1 is 1.30 bits per heavy atom. The number of carbonyl (C=O) groups excluding carboxylic acids is 3. The lowest BCUT2D eigenvalue weighted by molar-refractivity contribution is -0.162. The molecule has 0 aromatic carbocycles. The van der Waals surface area contributed by atoms with E-state index in [0.29, 0.717) is 6.42 Å². The molecule has 0 aliphatic heterocycles. The molecule has 5 heteroatoms. The second kappa shape index (κ2) is 5.38. The van der Waals surface area contributed by atoms with E-state index in [1.54, 1.807) is 0 Å². The molecule has 2 rings (SSSR count). The minimum absolute atomic E-state index is 0.149. The average molecular weight is 280 g/mol. The Labute approximate surface area is 118 Å². The fourth-order valence-electron chi connectivity index (χ4n) is 3.41. The quantitative estimate of drug-likeness (QED) is 0.582. The van der Waals surface area contributed by atoms with E-state index in [2.05, 4.69) is 4.74 Å². The Morgan fingerprint density at radius 3 is 2.55 bits per heavy atom. The molecule has 0 aromatic rings. The lowest BCUT2D eigenvalue weighted by Crippen LogP contribution is -2.40. The van der Waals surface area contributed by atoms with Gasteiger partial charge >= 0.3 is 11.9 Å². The molecule has 2 atom stereocenters. The Bertz CT molecular complexity index is 490. The largest absolute Gasteiger partial charge is 0.469 e. The second-order valence-corrected chi connectivity index (χ2v) is 5.64. The first kappa shape index (κ1) is 14.8. The van der Waals surface area contributed by atoms with Crippen LogP contribution in [0.4, 0.5) is 0 Å². The molecule has 0 saturated heterocycles. The van der Waals surface area contributed by atoms with Gasteiger partial charge in [-0.15, -0.1) is 0 Å². The van der Waals surface area contributed by atoms with Crippen molar-refractivity contribution in [2.75, 3.05) is 14.2 Å². The smallest absolute Gasteiger partial charge is 0.320 e. The summed E-state index contributed by atoms with van der Waals surface area (Å²) in [5, 5.41) is 0. The monoisotopic (exact) mass is 280 g/mol. The zero-order valence-corrected chi connectivity index (χ0v) is 12.2. The molecule has 2 aliphatic carbocycles. The van der Waals surface area contributed by atoms with Crippen molar-refractivity contribution in [3.05, 3.63) is 11.1 Å². The molecule has 0 bridgehead atoms. The van der Waals surface area contributed by atoms with Gasteiger partial charge in [0.25, 0.3) is 0 Å². The van der Waals surface area contributed by atoms with Crippen molar-refractivity contribution >= 4 is 17.7 Å². The van der Waals surface area contributed by atoms with E-state index in [1.807, 2.05) is 6.92 Å². The van der Waals surface area contributed by atoms with Crippen LogP contribution in [-0.4, -0.2) is 31.9 Å². The zero-order chi connectivity index (χ0) is 14.9. The highest BCUT2D eigenvalue weighted by atomic mass is 16.5. The van der Waals surface area contributed by atoms with Gasteiger partial charge in [0.05, 0.1) is 20.6 Å². The molecule has 0 fully saturated rings. The summed E-state index contributed by atoms with van der Waals surface area (Å²) in [6, 6.07) is 0. The lowest BCUT2D eigenvalue weighted by Gasteiger charge is -2.24. The summed E-state index contributed by atoms with van der Waals surface area (Å²) in [6.07, 6.45) is 2.84. The van der Waals surface area contributed by atoms with Crippen LogP contribution < -0.4 is 0 Å².